The van der Waals surface area contributed by atoms with E-state index in [4.69, 9.17) is 5.11 Å². The van der Waals surface area contributed by atoms with Crippen molar-refractivity contribution in [1.29, 1.82) is 0 Å². The highest BCUT2D eigenvalue weighted by Crippen LogP contribution is 2.25. The Morgan fingerprint density at radius 2 is 2.00 bits per heavy atom. The normalized spacial score (nSPS) is 10.2. The Bertz CT molecular complexity index is 469. The molecule has 0 aliphatic rings. The number of hydrogen-bond acceptors (Lipinski definition) is 3. The molecular formula is C12H14F2N2O4. The average Bonchev–Trinajstić information content (AvgIpc) is 2.36. The summed E-state index contributed by atoms with van der Waals surface area (Å²) in [5, 5.41) is 13.2. The number of anilines is 1. The van der Waals surface area contributed by atoms with Crippen molar-refractivity contribution in [3.05, 3.63) is 24.3 Å². The molecule has 0 bridgehead atoms. The van der Waals surface area contributed by atoms with Crippen LogP contribution in [0.5, 0.6) is 5.75 Å². The van der Waals surface area contributed by atoms with Gasteiger partial charge in [0.2, 0.25) is 0 Å². The molecule has 0 fully saturated rings. The first-order valence-electron chi connectivity index (χ1n) is 5.79. The van der Waals surface area contributed by atoms with E-state index in [-0.39, 0.29) is 30.8 Å². The van der Waals surface area contributed by atoms with E-state index in [0.29, 0.717) is 0 Å². The van der Waals surface area contributed by atoms with Crippen molar-refractivity contribution >= 4 is 17.7 Å². The number of urea groups is 1. The lowest BCUT2D eigenvalue weighted by molar-refractivity contribution is -0.137. The molecule has 0 atom stereocenters. The van der Waals surface area contributed by atoms with Gasteiger partial charge in [0.15, 0.2) is 0 Å². The summed E-state index contributed by atoms with van der Waals surface area (Å²) < 4.78 is 28.6. The topological polar surface area (TPSA) is 87.7 Å². The number of hydrogen-bond donors (Lipinski definition) is 3. The molecule has 0 saturated heterocycles. The van der Waals surface area contributed by atoms with Crippen LogP contribution in [0.25, 0.3) is 0 Å². The van der Waals surface area contributed by atoms with Crippen molar-refractivity contribution in [2.24, 2.45) is 0 Å². The summed E-state index contributed by atoms with van der Waals surface area (Å²) in [6.07, 6.45) is 0.212. The maximum Gasteiger partial charge on any atom is 0.387 e. The molecular weight excluding hydrogens is 274 g/mol. The van der Waals surface area contributed by atoms with Gasteiger partial charge in [0.05, 0.1) is 5.69 Å². The second kappa shape index (κ2) is 7.93. The van der Waals surface area contributed by atoms with E-state index in [1.165, 1.54) is 18.2 Å². The average molecular weight is 288 g/mol. The van der Waals surface area contributed by atoms with E-state index in [9.17, 15) is 18.4 Å². The van der Waals surface area contributed by atoms with Crippen molar-refractivity contribution in [2.45, 2.75) is 19.5 Å². The molecule has 0 heterocycles. The van der Waals surface area contributed by atoms with Crippen LogP contribution in [0.1, 0.15) is 12.8 Å². The Kier molecular flexibility index (Phi) is 6.21. The van der Waals surface area contributed by atoms with E-state index in [0.717, 1.165) is 0 Å². The van der Waals surface area contributed by atoms with Gasteiger partial charge in [0, 0.05) is 13.0 Å². The predicted molar refractivity (Wildman–Crippen MR) is 67.0 cm³/mol. The van der Waals surface area contributed by atoms with Crippen LogP contribution in [0.4, 0.5) is 19.3 Å². The summed E-state index contributed by atoms with van der Waals surface area (Å²) in [5.41, 5.74) is 0.100. The molecule has 0 aromatic heterocycles. The van der Waals surface area contributed by atoms with Gasteiger partial charge in [-0.25, -0.2) is 4.79 Å². The van der Waals surface area contributed by atoms with Crippen LogP contribution in [-0.2, 0) is 4.79 Å². The van der Waals surface area contributed by atoms with Crippen molar-refractivity contribution in [1.82, 2.24) is 5.32 Å². The molecule has 0 aliphatic heterocycles. The maximum atomic E-state index is 12.2. The zero-order chi connectivity index (χ0) is 15.0. The first-order valence-corrected chi connectivity index (χ1v) is 5.79. The summed E-state index contributed by atoms with van der Waals surface area (Å²) in [6, 6.07) is 5.13. The first-order chi connectivity index (χ1) is 9.49. The van der Waals surface area contributed by atoms with Crippen LogP contribution in [0.2, 0.25) is 0 Å². The lowest BCUT2D eigenvalue weighted by Crippen LogP contribution is -2.30. The highest BCUT2D eigenvalue weighted by molar-refractivity contribution is 5.90. The number of aliphatic carboxylic acids is 1. The summed E-state index contributed by atoms with van der Waals surface area (Å²) in [4.78, 5) is 21.7. The van der Waals surface area contributed by atoms with Gasteiger partial charge < -0.3 is 20.5 Å². The lowest BCUT2D eigenvalue weighted by atomic mass is 10.3. The third kappa shape index (κ3) is 5.98. The summed E-state index contributed by atoms with van der Waals surface area (Å²) >= 11 is 0. The van der Waals surface area contributed by atoms with E-state index in [1.54, 1.807) is 6.07 Å². The zero-order valence-electron chi connectivity index (χ0n) is 10.4. The quantitative estimate of drug-likeness (QED) is 0.672. The summed E-state index contributed by atoms with van der Waals surface area (Å²) in [6.45, 7) is -2.83. The van der Waals surface area contributed by atoms with Gasteiger partial charge in [-0.2, -0.15) is 8.78 Å². The zero-order valence-corrected chi connectivity index (χ0v) is 10.4. The third-order valence-electron chi connectivity index (χ3n) is 2.20. The summed E-state index contributed by atoms with van der Waals surface area (Å²) in [7, 11) is 0. The van der Waals surface area contributed by atoms with E-state index in [1.807, 2.05) is 0 Å². The van der Waals surface area contributed by atoms with E-state index < -0.39 is 18.6 Å². The van der Waals surface area contributed by atoms with Gasteiger partial charge >= 0.3 is 18.6 Å². The molecule has 0 radical (unpaired) electrons. The fraction of sp³-hybridized carbons (Fsp3) is 0.333. The molecule has 0 unspecified atom stereocenters. The van der Waals surface area contributed by atoms with Gasteiger partial charge in [0.25, 0.3) is 0 Å². The van der Waals surface area contributed by atoms with Crippen LogP contribution in [0.15, 0.2) is 24.3 Å². The Hall–Kier alpha value is -2.38. The number of carboxylic acids is 1. The molecule has 1 aromatic carbocycles. The molecule has 8 heteroatoms. The number of nitrogens with one attached hydrogen (secondary N) is 2. The molecule has 1 rings (SSSR count). The molecule has 2 amide bonds. The van der Waals surface area contributed by atoms with Gasteiger partial charge in [-0.3, -0.25) is 4.79 Å². The minimum atomic E-state index is -2.99. The molecule has 6 nitrogen and oxygen atoms in total. The monoisotopic (exact) mass is 288 g/mol. The van der Waals surface area contributed by atoms with Gasteiger partial charge in [-0.1, -0.05) is 12.1 Å². The van der Waals surface area contributed by atoms with Crippen LogP contribution < -0.4 is 15.4 Å². The van der Waals surface area contributed by atoms with Crippen molar-refractivity contribution in [2.75, 3.05) is 11.9 Å². The molecule has 110 valence electrons. The SMILES string of the molecule is O=C(O)CCCNC(=O)Nc1ccccc1OC(F)F. The maximum absolute atomic E-state index is 12.2. The molecule has 0 saturated carbocycles. The molecule has 0 spiro atoms. The third-order valence-corrected chi connectivity index (χ3v) is 2.20. The number of para-hydroxylation sites is 2. The molecule has 3 N–H and O–H groups in total. The Morgan fingerprint density at radius 3 is 2.65 bits per heavy atom. The lowest BCUT2D eigenvalue weighted by Gasteiger charge is -2.12. The molecule has 1 aromatic rings. The number of halogens is 2. The first kappa shape index (κ1) is 15.7. The van der Waals surface area contributed by atoms with Crippen molar-refractivity contribution in [3.8, 4) is 5.75 Å². The standard InChI is InChI=1S/C12H14F2N2O4/c13-11(14)20-9-5-2-1-4-8(9)16-12(19)15-7-3-6-10(17)18/h1-2,4-5,11H,3,6-7H2,(H,17,18)(H2,15,16,19). The van der Waals surface area contributed by atoms with Gasteiger partial charge in [-0.15, -0.1) is 0 Å². The van der Waals surface area contributed by atoms with Gasteiger partial charge in [0.1, 0.15) is 5.75 Å². The van der Waals surface area contributed by atoms with Crippen LogP contribution in [-0.4, -0.2) is 30.3 Å². The van der Waals surface area contributed by atoms with Crippen molar-refractivity contribution in [3.63, 3.8) is 0 Å². The number of benzene rings is 1. The van der Waals surface area contributed by atoms with Crippen LogP contribution >= 0.6 is 0 Å². The number of alkyl halides is 2. The summed E-state index contributed by atoms with van der Waals surface area (Å²) in [5.74, 6) is -1.11. The molecule has 20 heavy (non-hydrogen) atoms. The van der Waals surface area contributed by atoms with Crippen molar-refractivity contribution < 1.29 is 28.2 Å². The number of rotatable bonds is 7. The fourth-order valence-electron chi connectivity index (χ4n) is 1.38. The Balaban J connectivity index is 2.47. The smallest absolute Gasteiger partial charge is 0.387 e. The second-order valence-corrected chi connectivity index (χ2v) is 3.75. The largest absolute Gasteiger partial charge is 0.481 e. The van der Waals surface area contributed by atoms with Crippen LogP contribution in [0, 0.1) is 0 Å². The number of carbonyl (C=O) groups excluding carboxylic acids is 1. The van der Waals surface area contributed by atoms with Crippen LogP contribution in [0.3, 0.4) is 0 Å². The number of carbonyl (C=O) groups is 2. The minimum absolute atomic E-state index is 0.0641. The van der Waals surface area contributed by atoms with E-state index in [2.05, 4.69) is 15.4 Å². The van der Waals surface area contributed by atoms with Gasteiger partial charge in [-0.05, 0) is 18.6 Å². The predicted octanol–water partition coefficient (Wildman–Crippen LogP) is 2.27. The number of ether oxygens (including phenoxy) is 1. The Morgan fingerprint density at radius 1 is 1.30 bits per heavy atom. The highest BCUT2D eigenvalue weighted by atomic mass is 19.3. The van der Waals surface area contributed by atoms with E-state index >= 15 is 0 Å². The Labute approximate surface area is 113 Å². The second-order valence-electron chi connectivity index (χ2n) is 3.75. The minimum Gasteiger partial charge on any atom is -0.481 e. The number of amides is 2. The molecule has 0 aliphatic carbocycles. The highest BCUT2D eigenvalue weighted by Gasteiger charge is 2.11. The number of carboxylic acid groups (broad SMARTS) is 1. The fourth-order valence-corrected chi connectivity index (χ4v) is 1.38.